The summed E-state index contributed by atoms with van der Waals surface area (Å²) in [5, 5.41) is 4.20. The molecule has 0 aliphatic carbocycles. The second-order valence-electron chi connectivity index (χ2n) is 5.83. The number of aryl methyl sites for hydroxylation is 1. The van der Waals surface area contributed by atoms with Crippen molar-refractivity contribution in [2.45, 2.75) is 12.8 Å². The van der Waals surface area contributed by atoms with Gasteiger partial charge in [0.1, 0.15) is 0 Å². The molecule has 0 N–H and O–H groups in total. The van der Waals surface area contributed by atoms with Crippen LogP contribution in [0, 0.1) is 5.92 Å². The number of hydrogen-bond donors (Lipinski definition) is 0. The van der Waals surface area contributed by atoms with Crippen LogP contribution in [0.5, 0.6) is 0 Å². The maximum absolute atomic E-state index is 11.6. The lowest BCUT2D eigenvalue weighted by atomic mass is 9.96. The van der Waals surface area contributed by atoms with E-state index in [1.807, 2.05) is 23.9 Å². The van der Waals surface area contributed by atoms with Crippen LogP contribution in [0.15, 0.2) is 30.6 Å². The van der Waals surface area contributed by atoms with Gasteiger partial charge in [-0.3, -0.25) is 9.67 Å². The number of nitrogens with zero attached hydrogens (tertiary/aromatic N) is 4. The topological polar surface area (TPSA) is 68.1 Å². The van der Waals surface area contributed by atoms with Gasteiger partial charge in [0.25, 0.3) is 0 Å². The van der Waals surface area contributed by atoms with Crippen molar-refractivity contribution in [2.24, 2.45) is 13.0 Å². The molecule has 1 atom stereocenters. The van der Waals surface area contributed by atoms with Crippen molar-refractivity contribution in [1.82, 2.24) is 19.1 Å². The summed E-state index contributed by atoms with van der Waals surface area (Å²) >= 11 is 0. The van der Waals surface area contributed by atoms with Crippen molar-refractivity contribution in [1.29, 1.82) is 0 Å². The molecule has 22 heavy (non-hydrogen) atoms. The fourth-order valence-corrected chi connectivity index (χ4v) is 3.93. The average Bonchev–Trinajstić information content (AvgIpc) is 3.08. The summed E-state index contributed by atoms with van der Waals surface area (Å²) in [6.45, 7) is 1.21. The molecule has 1 fully saturated rings. The molecule has 0 bridgehead atoms. The molecule has 1 aliphatic rings. The lowest BCUT2D eigenvalue weighted by Gasteiger charge is -2.15. The van der Waals surface area contributed by atoms with Crippen molar-refractivity contribution in [3.8, 4) is 11.4 Å². The molecule has 0 saturated carbocycles. The van der Waals surface area contributed by atoms with E-state index in [1.165, 1.54) is 6.26 Å². The predicted octanol–water partition coefficient (Wildman–Crippen LogP) is 1.31. The zero-order valence-electron chi connectivity index (χ0n) is 12.8. The molecule has 0 radical (unpaired) electrons. The minimum Gasteiger partial charge on any atom is -0.266 e. The van der Waals surface area contributed by atoms with Gasteiger partial charge in [-0.25, -0.2) is 12.7 Å². The number of sulfonamides is 1. The summed E-state index contributed by atoms with van der Waals surface area (Å²) in [6, 6.07) is 5.94. The first-order valence-corrected chi connectivity index (χ1v) is 9.17. The largest absolute Gasteiger partial charge is 0.266 e. The SMILES string of the molecule is Cn1nccc1-c1ncccc1C[C@@H]1CCN(S(C)(=O)=O)C1. The third-order valence-electron chi connectivity index (χ3n) is 4.18. The van der Waals surface area contributed by atoms with E-state index in [2.05, 4.69) is 16.1 Å². The molecule has 3 heterocycles. The molecule has 3 rings (SSSR count). The van der Waals surface area contributed by atoms with Crippen molar-refractivity contribution in [3.05, 3.63) is 36.2 Å². The Balaban J connectivity index is 1.81. The molecular formula is C15H20N4O2S. The number of hydrogen-bond acceptors (Lipinski definition) is 4. The Bertz CT molecular complexity index is 769. The third-order valence-corrected chi connectivity index (χ3v) is 5.45. The zero-order valence-corrected chi connectivity index (χ0v) is 13.6. The maximum Gasteiger partial charge on any atom is 0.211 e. The Morgan fingerprint density at radius 2 is 2.14 bits per heavy atom. The summed E-state index contributed by atoms with van der Waals surface area (Å²) < 4.78 is 26.6. The molecule has 118 valence electrons. The summed E-state index contributed by atoms with van der Waals surface area (Å²) in [4.78, 5) is 4.50. The maximum atomic E-state index is 11.6. The summed E-state index contributed by atoms with van der Waals surface area (Å²) in [5.74, 6) is 0.339. The lowest BCUT2D eigenvalue weighted by Crippen LogP contribution is -2.27. The van der Waals surface area contributed by atoms with Crippen molar-refractivity contribution >= 4 is 10.0 Å². The lowest BCUT2D eigenvalue weighted by molar-refractivity contribution is 0.460. The quantitative estimate of drug-likeness (QED) is 0.852. The zero-order chi connectivity index (χ0) is 15.7. The van der Waals surface area contributed by atoms with E-state index in [9.17, 15) is 8.42 Å². The van der Waals surface area contributed by atoms with E-state index in [0.717, 1.165) is 29.8 Å². The Morgan fingerprint density at radius 3 is 2.77 bits per heavy atom. The van der Waals surface area contributed by atoms with Gasteiger partial charge in [0.15, 0.2) is 0 Å². The smallest absolute Gasteiger partial charge is 0.211 e. The molecule has 7 heteroatoms. The van der Waals surface area contributed by atoms with E-state index in [1.54, 1.807) is 16.7 Å². The Labute approximate surface area is 130 Å². The van der Waals surface area contributed by atoms with E-state index >= 15 is 0 Å². The molecule has 6 nitrogen and oxygen atoms in total. The first kappa shape index (κ1) is 15.2. The number of rotatable bonds is 4. The molecule has 0 amide bonds. The number of aromatic nitrogens is 3. The van der Waals surface area contributed by atoms with Gasteiger partial charge < -0.3 is 0 Å². The third kappa shape index (κ3) is 3.05. The molecular weight excluding hydrogens is 300 g/mol. The molecule has 2 aromatic rings. The standard InChI is InChI=1S/C15H20N4O2S/c1-18-14(5-8-17-18)15-13(4-3-7-16-15)10-12-6-9-19(11-12)22(2,20)21/h3-5,7-8,12H,6,9-11H2,1-2H3/t12-/m0/s1. The molecule has 0 unspecified atom stereocenters. The predicted molar refractivity (Wildman–Crippen MR) is 84.7 cm³/mol. The number of pyridine rings is 1. The summed E-state index contributed by atoms with van der Waals surface area (Å²) in [6.07, 6.45) is 6.55. The first-order valence-electron chi connectivity index (χ1n) is 7.32. The van der Waals surface area contributed by atoms with Gasteiger partial charge in [-0.15, -0.1) is 0 Å². The second kappa shape index (κ2) is 5.81. The molecule has 1 aliphatic heterocycles. The van der Waals surface area contributed by atoms with E-state index in [0.29, 0.717) is 19.0 Å². The van der Waals surface area contributed by atoms with Crippen LogP contribution in [-0.2, 0) is 23.5 Å². The normalized spacial score (nSPS) is 19.6. The highest BCUT2D eigenvalue weighted by molar-refractivity contribution is 7.88. The highest BCUT2D eigenvalue weighted by Gasteiger charge is 2.29. The van der Waals surface area contributed by atoms with E-state index in [-0.39, 0.29) is 0 Å². The average molecular weight is 320 g/mol. The van der Waals surface area contributed by atoms with Crippen LogP contribution in [0.1, 0.15) is 12.0 Å². The fourth-order valence-electron chi connectivity index (χ4n) is 3.02. The van der Waals surface area contributed by atoms with Gasteiger partial charge >= 0.3 is 0 Å². The van der Waals surface area contributed by atoms with Crippen molar-refractivity contribution < 1.29 is 8.42 Å². The van der Waals surface area contributed by atoms with Crippen LogP contribution in [-0.4, -0.2) is 46.8 Å². The molecule has 2 aromatic heterocycles. The van der Waals surface area contributed by atoms with Gasteiger partial charge in [0.05, 0.1) is 17.6 Å². The van der Waals surface area contributed by atoms with Crippen LogP contribution in [0.3, 0.4) is 0 Å². The summed E-state index contributed by atoms with van der Waals surface area (Å²) in [5.41, 5.74) is 3.06. The van der Waals surface area contributed by atoms with Crippen LogP contribution in [0.25, 0.3) is 11.4 Å². The van der Waals surface area contributed by atoms with Crippen molar-refractivity contribution in [3.63, 3.8) is 0 Å². The van der Waals surface area contributed by atoms with Crippen LogP contribution in [0.2, 0.25) is 0 Å². The fraction of sp³-hybridized carbons (Fsp3) is 0.467. The van der Waals surface area contributed by atoms with Gasteiger partial charge in [-0.1, -0.05) is 6.07 Å². The van der Waals surface area contributed by atoms with Gasteiger partial charge in [-0.2, -0.15) is 5.10 Å². The second-order valence-corrected chi connectivity index (χ2v) is 7.81. The highest BCUT2D eigenvalue weighted by atomic mass is 32.2. The summed E-state index contributed by atoms with van der Waals surface area (Å²) in [7, 11) is -1.19. The minimum atomic E-state index is -3.08. The monoisotopic (exact) mass is 320 g/mol. The van der Waals surface area contributed by atoms with Crippen molar-refractivity contribution in [2.75, 3.05) is 19.3 Å². The first-order chi connectivity index (χ1) is 10.4. The molecule has 0 spiro atoms. The molecule has 1 saturated heterocycles. The van der Waals surface area contributed by atoms with E-state index < -0.39 is 10.0 Å². The van der Waals surface area contributed by atoms with E-state index in [4.69, 9.17) is 0 Å². The Hall–Kier alpha value is -1.73. The minimum absolute atomic E-state index is 0.339. The van der Waals surface area contributed by atoms with Gasteiger partial charge in [0, 0.05) is 32.5 Å². The highest BCUT2D eigenvalue weighted by Crippen LogP contribution is 2.27. The molecule has 0 aromatic carbocycles. The van der Waals surface area contributed by atoms with Crippen LogP contribution >= 0.6 is 0 Å². The Morgan fingerprint density at radius 1 is 1.32 bits per heavy atom. The van der Waals surface area contributed by atoms with Gasteiger partial charge in [-0.05, 0) is 36.5 Å². The van der Waals surface area contributed by atoms with Crippen LogP contribution < -0.4 is 0 Å². The van der Waals surface area contributed by atoms with Gasteiger partial charge in [0.2, 0.25) is 10.0 Å². The Kier molecular flexibility index (Phi) is 4.01. The van der Waals surface area contributed by atoms with Crippen LogP contribution in [0.4, 0.5) is 0 Å².